The Morgan fingerprint density at radius 1 is 1.19 bits per heavy atom. The Hall–Kier alpha value is -1.40. The van der Waals surface area contributed by atoms with Crippen molar-refractivity contribution in [3.05, 3.63) is 12.4 Å². The van der Waals surface area contributed by atoms with Gasteiger partial charge >= 0.3 is 0 Å². The molecule has 1 aliphatic heterocycles. The van der Waals surface area contributed by atoms with Gasteiger partial charge in [-0.25, -0.2) is 9.97 Å². The molecule has 0 aromatic carbocycles. The quantitative estimate of drug-likeness (QED) is 0.760. The molecule has 0 radical (unpaired) electrons. The Morgan fingerprint density at radius 2 is 2.10 bits per heavy atom. The van der Waals surface area contributed by atoms with E-state index in [1.807, 2.05) is 13.0 Å². The van der Waals surface area contributed by atoms with Gasteiger partial charge in [-0.1, -0.05) is 0 Å². The summed E-state index contributed by atoms with van der Waals surface area (Å²) in [6.07, 6.45) is 5.06. The zero-order valence-corrected chi connectivity index (χ0v) is 13.0. The van der Waals surface area contributed by atoms with Gasteiger partial charge in [0, 0.05) is 25.7 Å². The van der Waals surface area contributed by atoms with Gasteiger partial charge in [-0.15, -0.1) is 0 Å². The van der Waals surface area contributed by atoms with Gasteiger partial charge in [-0.3, -0.25) is 0 Å². The lowest BCUT2D eigenvalue weighted by Gasteiger charge is -2.22. The van der Waals surface area contributed by atoms with Crippen molar-refractivity contribution in [2.75, 3.05) is 50.8 Å². The van der Waals surface area contributed by atoms with Gasteiger partial charge in [0.1, 0.15) is 12.1 Å². The summed E-state index contributed by atoms with van der Waals surface area (Å²) >= 11 is 0. The van der Waals surface area contributed by atoms with Crippen molar-refractivity contribution in [3.8, 4) is 5.88 Å². The van der Waals surface area contributed by atoms with Crippen molar-refractivity contribution in [3.63, 3.8) is 0 Å². The summed E-state index contributed by atoms with van der Waals surface area (Å²) in [7, 11) is 0. The van der Waals surface area contributed by atoms with Gasteiger partial charge in [0.15, 0.2) is 0 Å². The van der Waals surface area contributed by atoms with E-state index in [0.717, 1.165) is 57.9 Å². The standard InChI is InChI=1S/C15H27N5O/c1-2-21-15-12-14(17-13-18-15)20-9-5-8-19(10-11-20)7-4-3-6-16/h12-13H,2-11,16H2,1H3. The third-order valence-corrected chi connectivity index (χ3v) is 3.76. The lowest BCUT2D eigenvalue weighted by atomic mass is 10.3. The lowest BCUT2D eigenvalue weighted by Crippen LogP contribution is -2.32. The zero-order valence-electron chi connectivity index (χ0n) is 13.0. The van der Waals surface area contributed by atoms with E-state index >= 15 is 0 Å². The fourth-order valence-electron chi connectivity index (χ4n) is 2.63. The summed E-state index contributed by atoms with van der Waals surface area (Å²) < 4.78 is 5.46. The van der Waals surface area contributed by atoms with Crippen LogP contribution < -0.4 is 15.4 Å². The number of nitrogens with two attached hydrogens (primary N) is 1. The first-order valence-electron chi connectivity index (χ1n) is 7.95. The van der Waals surface area contributed by atoms with Crippen molar-refractivity contribution in [1.29, 1.82) is 0 Å². The molecule has 6 heteroatoms. The molecule has 0 unspecified atom stereocenters. The SMILES string of the molecule is CCOc1cc(N2CCCN(CCCCN)CC2)ncn1. The first-order valence-corrected chi connectivity index (χ1v) is 7.95. The van der Waals surface area contributed by atoms with Gasteiger partial charge in [0.05, 0.1) is 6.61 Å². The topological polar surface area (TPSA) is 67.5 Å². The van der Waals surface area contributed by atoms with E-state index in [-0.39, 0.29) is 0 Å². The van der Waals surface area contributed by atoms with Gasteiger partial charge in [-0.05, 0) is 45.8 Å². The van der Waals surface area contributed by atoms with Crippen molar-refractivity contribution >= 4 is 5.82 Å². The number of ether oxygens (including phenoxy) is 1. The summed E-state index contributed by atoms with van der Waals surface area (Å²) in [5, 5.41) is 0. The maximum absolute atomic E-state index is 5.56. The maximum Gasteiger partial charge on any atom is 0.218 e. The van der Waals surface area contributed by atoms with Crippen LogP contribution in [-0.2, 0) is 0 Å². The zero-order chi connectivity index (χ0) is 14.9. The first kappa shape index (κ1) is 16.0. The van der Waals surface area contributed by atoms with Crippen molar-refractivity contribution in [2.45, 2.75) is 26.2 Å². The number of rotatable bonds is 7. The van der Waals surface area contributed by atoms with Crippen LogP contribution in [0.3, 0.4) is 0 Å². The van der Waals surface area contributed by atoms with Crippen LogP contribution in [0, 0.1) is 0 Å². The number of hydrogen-bond acceptors (Lipinski definition) is 6. The van der Waals surface area contributed by atoms with Gasteiger partial charge in [0.25, 0.3) is 0 Å². The van der Waals surface area contributed by atoms with Gasteiger partial charge < -0.3 is 20.3 Å². The highest BCUT2D eigenvalue weighted by Crippen LogP contribution is 2.17. The van der Waals surface area contributed by atoms with E-state index in [1.165, 1.54) is 6.42 Å². The molecular formula is C15H27N5O. The molecule has 1 saturated heterocycles. The van der Waals surface area contributed by atoms with Gasteiger partial charge in [-0.2, -0.15) is 0 Å². The van der Waals surface area contributed by atoms with E-state index in [9.17, 15) is 0 Å². The van der Waals surface area contributed by atoms with E-state index in [1.54, 1.807) is 6.33 Å². The Labute approximate surface area is 127 Å². The molecule has 2 heterocycles. The summed E-state index contributed by atoms with van der Waals surface area (Å²) in [6, 6.07) is 1.94. The van der Waals surface area contributed by atoms with Crippen LogP contribution in [0.15, 0.2) is 12.4 Å². The Kier molecular flexibility index (Phi) is 6.69. The highest BCUT2D eigenvalue weighted by atomic mass is 16.5. The van der Waals surface area contributed by atoms with Crippen molar-refractivity contribution in [1.82, 2.24) is 14.9 Å². The fourth-order valence-corrected chi connectivity index (χ4v) is 2.63. The Morgan fingerprint density at radius 3 is 2.90 bits per heavy atom. The third kappa shape index (κ3) is 5.13. The molecule has 6 nitrogen and oxygen atoms in total. The van der Waals surface area contributed by atoms with E-state index in [0.29, 0.717) is 12.5 Å². The molecule has 0 amide bonds. The minimum Gasteiger partial charge on any atom is -0.478 e. The highest BCUT2D eigenvalue weighted by molar-refractivity contribution is 5.40. The number of nitrogens with zero attached hydrogens (tertiary/aromatic N) is 4. The molecule has 118 valence electrons. The minimum atomic E-state index is 0.630. The van der Waals surface area contributed by atoms with Gasteiger partial charge in [0.2, 0.25) is 5.88 Å². The summed E-state index contributed by atoms with van der Waals surface area (Å²) in [4.78, 5) is 13.4. The molecule has 0 aliphatic carbocycles. The van der Waals surface area contributed by atoms with E-state index in [4.69, 9.17) is 10.5 Å². The van der Waals surface area contributed by atoms with Crippen LogP contribution in [0.4, 0.5) is 5.82 Å². The summed E-state index contributed by atoms with van der Waals surface area (Å²) in [5.74, 6) is 1.63. The average Bonchev–Trinajstić information content (AvgIpc) is 2.74. The second-order valence-electron chi connectivity index (χ2n) is 5.33. The molecule has 0 bridgehead atoms. The molecular weight excluding hydrogens is 266 g/mol. The molecule has 1 aromatic rings. The van der Waals surface area contributed by atoms with Crippen molar-refractivity contribution in [2.24, 2.45) is 5.73 Å². The molecule has 1 aromatic heterocycles. The largest absolute Gasteiger partial charge is 0.478 e. The average molecular weight is 293 g/mol. The molecule has 0 spiro atoms. The maximum atomic E-state index is 5.56. The molecule has 0 atom stereocenters. The summed E-state index contributed by atoms with van der Waals surface area (Å²) in [5.41, 5.74) is 5.56. The van der Waals surface area contributed by atoms with E-state index in [2.05, 4.69) is 19.8 Å². The summed E-state index contributed by atoms with van der Waals surface area (Å²) in [6.45, 7) is 8.82. The molecule has 2 rings (SSSR count). The van der Waals surface area contributed by atoms with Crippen LogP contribution in [0.5, 0.6) is 5.88 Å². The van der Waals surface area contributed by atoms with Crippen molar-refractivity contribution < 1.29 is 4.74 Å². The number of aromatic nitrogens is 2. The highest BCUT2D eigenvalue weighted by Gasteiger charge is 2.16. The second-order valence-corrected chi connectivity index (χ2v) is 5.33. The van der Waals surface area contributed by atoms with Crippen LogP contribution in [-0.4, -0.2) is 60.7 Å². The number of hydrogen-bond donors (Lipinski definition) is 1. The normalized spacial score (nSPS) is 16.8. The number of unbranched alkanes of at least 4 members (excludes halogenated alkanes) is 1. The predicted molar refractivity (Wildman–Crippen MR) is 84.8 cm³/mol. The van der Waals surface area contributed by atoms with E-state index < -0.39 is 0 Å². The van der Waals surface area contributed by atoms with Crippen LogP contribution in [0.2, 0.25) is 0 Å². The Balaban J connectivity index is 1.88. The predicted octanol–water partition coefficient (Wildman–Crippen LogP) is 1.13. The second kappa shape index (κ2) is 8.79. The molecule has 1 aliphatic rings. The first-order chi connectivity index (χ1) is 10.3. The third-order valence-electron chi connectivity index (χ3n) is 3.76. The lowest BCUT2D eigenvalue weighted by molar-refractivity contribution is 0.287. The van der Waals surface area contributed by atoms with Crippen LogP contribution in [0.25, 0.3) is 0 Å². The Bertz CT molecular complexity index is 415. The molecule has 2 N–H and O–H groups in total. The fraction of sp³-hybridized carbons (Fsp3) is 0.733. The molecule has 0 saturated carbocycles. The minimum absolute atomic E-state index is 0.630. The van der Waals surface area contributed by atoms with Crippen LogP contribution in [0.1, 0.15) is 26.2 Å². The van der Waals surface area contributed by atoms with Crippen LogP contribution >= 0.6 is 0 Å². The smallest absolute Gasteiger partial charge is 0.218 e. The monoisotopic (exact) mass is 293 g/mol. The molecule has 1 fully saturated rings. The number of anilines is 1. The molecule has 21 heavy (non-hydrogen) atoms.